The lowest BCUT2D eigenvalue weighted by Gasteiger charge is -2.22. The highest BCUT2D eigenvalue weighted by molar-refractivity contribution is 5.98. The number of benzene rings is 1. The van der Waals surface area contributed by atoms with Crippen LogP contribution < -0.4 is 5.32 Å². The summed E-state index contributed by atoms with van der Waals surface area (Å²) >= 11 is 0. The summed E-state index contributed by atoms with van der Waals surface area (Å²) in [5, 5.41) is 3.08. The number of ketones is 1. The predicted molar refractivity (Wildman–Crippen MR) is 91.7 cm³/mol. The fourth-order valence-electron chi connectivity index (χ4n) is 3.83. The van der Waals surface area contributed by atoms with Crippen LogP contribution >= 0.6 is 0 Å². The first kappa shape index (κ1) is 16.2. The Morgan fingerprint density at radius 3 is 2.43 bits per heavy atom. The van der Waals surface area contributed by atoms with Crippen molar-refractivity contribution in [1.82, 2.24) is 5.32 Å². The number of amides is 1. The van der Waals surface area contributed by atoms with Gasteiger partial charge in [-0.15, -0.1) is 0 Å². The average Bonchev–Trinajstić information content (AvgIpc) is 2.60. The van der Waals surface area contributed by atoms with Gasteiger partial charge in [0, 0.05) is 24.4 Å². The molecule has 3 heteroatoms. The van der Waals surface area contributed by atoms with Crippen LogP contribution in [0, 0.1) is 0 Å². The van der Waals surface area contributed by atoms with Gasteiger partial charge in [-0.05, 0) is 55.7 Å². The van der Waals surface area contributed by atoms with Crippen LogP contribution in [0.5, 0.6) is 0 Å². The van der Waals surface area contributed by atoms with Gasteiger partial charge >= 0.3 is 0 Å². The van der Waals surface area contributed by atoms with E-state index >= 15 is 0 Å². The summed E-state index contributed by atoms with van der Waals surface area (Å²) in [6.07, 6.45) is 11.2. The van der Waals surface area contributed by atoms with Crippen molar-refractivity contribution in [2.75, 3.05) is 0 Å². The molecule has 0 heterocycles. The molecular weight excluding hydrogens is 286 g/mol. The van der Waals surface area contributed by atoms with E-state index in [1.807, 2.05) is 6.07 Å². The Morgan fingerprint density at radius 1 is 0.913 bits per heavy atom. The molecule has 0 spiro atoms. The summed E-state index contributed by atoms with van der Waals surface area (Å²) < 4.78 is 0. The van der Waals surface area contributed by atoms with E-state index in [0.717, 1.165) is 31.2 Å². The van der Waals surface area contributed by atoms with Crippen LogP contribution in [-0.2, 0) is 17.6 Å². The molecule has 1 fully saturated rings. The third-order valence-corrected chi connectivity index (χ3v) is 5.22. The molecule has 3 nitrogen and oxygen atoms in total. The minimum Gasteiger partial charge on any atom is -0.353 e. The van der Waals surface area contributed by atoms with E-state index < -0.39 is 0 Å². The van der Waals surface area contributed by atoms with Crippen LogP contribution in [0.3, 0.4) is 0 Å². The molecule has 0 radical (unpaired) electrons. The fraction of sp³-hybridized carbons (Fsp3) is 0.600. The van der Waals surface area contributed by atoms with Crippen LogP contribution in [0.2, 0.25) is 0 Å². The second kappa shape index (κ2) is 7.76. The molecule has 2 aliphatic rings. The van der Waals surface area contributed by atoms with Gasteiger partial charge in [-0.1, -0.05) is 31.4 Å². The van der Waals surface area contributed by atoms with Crippen LogP contribution in [0.1, 0.15) is 79.3 Å². The maximum atomic E-state index is 12.3. The predicted octanol–water partition coefficient (Wildman–Crippen LogP) is 3.98. The van der Waals surface area contributed by atoms with Crippen LogP contribution in [0.25, 0.3) is 0 Å². The quantitative estimate of drug-likeness (QED) is 0.836. The Morgan fingerprint density at radius 2 is 1.65 bits per heavy atom. The molecule has 0 aliphatic heterocycles. The van der Waals surface area contributed by atoms with Gasteiger partial charge in [0.2, 0.25) is 5.91 Å². The molecule has 0 bridgehead atoms. The number of rotatable bonds is 5. The lowest BCUT2D eigenvalue weighted by atomic mass is 9.89. The van der Waals surface area contributed by atoms with Gasteiger partial charge in [0.25, 0.3) is 0 Å². The van der Waals surface area contributed by atoms with E-state index in [-0.39, 0.29) is 11.7 Å². The van der Waals surface area contributed by atoms with Crippen LogP contribution in [-0.4, -0.2) is 17.7 Å². The smallest absolute Gasteiger partial charge is 0.220 e. The van der Waals surface area contributed by atoms with Crippen molar-refractivity contribution < 1.29 is 9.59 Å². The zero-order chi connectivity index (χ0) is 16.1. The number of aryl methyl sites for hydroxylation is 2. The van der Waals surface area contributed by atoms with Gasteiger partial charge in [-0.25, -0.2) is 0 Å². The van der Waals surface area contributed by atoms with Crippen LogP contribution in [0.4, 0.5) is 0 Å². The lowest BCUT2D eigenvalue weighted by molar-refractivity contribution is -0.121. The highest BCUT2D eigenvalue weighted by Gasteiger charge is 2.17. The Kier molecular flexibility index (Phi) is 5.47. The van der Waals surface area contributed by atoms with E-state index in [9.17, 15) is 9.59 Å². The molecule has 1 aromatic rings. The van der Waals surface area contributed by atoms with Gasteiger partial charge in [0.05, 0.1) is 0 Å². The molecule has 1 aromatic carbocycles. The Bertz CT molecular complexity index is 573. The number of Topliss-reactive ketones (excluding diaryl/α,β-unsaturated/α-hetero) is 1. The lowest BCUT2D eigenvalue weighted by Crippen LogP contribution is -2.36. The Hall–Kier alpha value is -1.64. The van der Waals surface area contributed by atoms with Gasteiger partial charge in [-0.2, -0.15) is 0 Å². The molecule has 0 atom stereocenters. The van der Waals surface area contributed by atoms with E-state index in [2.05, 4.69) is 17.4 Å². The topological polar surface area (TPSA) is 46.2 Å². The molecule has 124 valence electrons. The van der Waals surface area contributed by atoms with Crippen molar-refractivity contribution in [1.29, 1.82) is 0 Å². The first-order chi connectivity index (χ1) is 11.2. The summed E-state index contributed by atoms with van der Waals surface area (Å²) in [5.41, 5.74) is 3.49. The van der Waals surface area contributed by atoms with E-state index in [1.54, 1.807) is 0 Å². The molecule has 1 amide bonds. The molecule has 1 saturated carbocycles. The second-order valence-corrected chi connectivity index (χ2v) is 7.02. The SMILES string of the molecule is O=C(CCC(=O)c1ccc2c(c1)CCCC2)NC1CCCCC1. The zero-order valence-electron chi connectivity index (χ0n) is 13.9. The van der Waals surface area contributed by atoms with E-state index in [4.69, 9.17) is 0 Å². The number of hydrogen-bond donors (Lipinski definition) is 1. The molecule has 2 aliphatic carbocycles. The summed E-state index contributed by atoms with van der Waals surface area (Å²) in [6.45, 7) is 0. The van der Waals surface area contributed by atoms with Crippen LogP contribution in [0.15, 0.2) is 18.2 Å². The minimum atomic E-state index is 0.0308. The number of fused-ring (bicyclic) bond motifs is 1. The average molecular weight is 313 g/mol. The normalized spacial score (nSPS) is 18.3. The van der Waals surface area contributed by atoms with Gasteiger partial charge in [-0.3, -0.25) is 9.59 Å². The summed E-state index contributed by atoms with van der Waals surface area (Å²) in [5.74, 6) is 0.125. The van der Waals surface area contributed by atoms with Crippen molar-refractivity contribution in [3.8, 4) is 0 Å². The summed E-state index contributed by atoms with van der Waals surface area (Å²) in [4.78, 5) is 24.4. The standard InChI is InChI=1S/C20H27NO2/c22-19(12-13-20(23)21-18-8-2-1-3-9-18)17-11-10-15-6-4-5-7-16(15)14-17/h10-11,14,18H,1-9,12-13H2,(H,21,23). The van der Waals surface area contributed by atoms with Gasteiger partial charge in [0.1, 0.15) is 0 Å². The summed E-state index contributed by atoms with van der Waals surface area (Å²) in [6, 6.07) is 6.42. The molecule has 23 heavy (non-hydrogen) atoms. The van der Waals surface area contributed by atoms with Crippen molar-refractivity contribution in [3.05, 3.63) is 34.9 Å². The Labute approximate surface area is 138 Å². The molecule has 3 rings (SSSR count). The largest absolute Gasteiger partial charge is 0.353 e. The van der Waals surface area contributed by atoms with Crippen molar-refractivity contribution in [3.63, 3.8) is 0 Å². The highest BCUT2D eigenvalue weighted by atomic mass is 16.2. The van der Waals surface area contributed by atoms with E-state index in [1.165, 1.54) is 43.2 Å². The van der Waals surface area contributed by atoms with Gasteiger partial charge in [0.15, 0.2) is 5.78 Å². The number of nitrogens with one attached hydrogen (secondary N) is 1. The number of hydrogen-bond acceptors (Lipinski definition) is 2. The number of carbonyl (C=O) groups is 2. The van der Waals surface area contributed by atoms with Gasteiger partial charge < -0.3 is 5.32 Å². The third kappa shape index (κ3) is 4.43. The molecule has 0 aromatic heterocycles. The maximum absolute atomic E-state index is 12.3. The maximum Gasteiger partial charge on any atom is 0.220 e. The molecule has 0 saturated heterocycles. The van der Waals surface area contributed by atoms with Crippen molar-refractivity contribution >= 4 is 11.7 Å². The first-order valence-electron chi connectivity index (χ1n) is 9.17. The zero-order valence-corrected chi connectivity index (χ0v) is 13.9. The second-order valence-electron chi connectivity index (χ2n) is 7.02. The van der Waals surface area contributed by atoms with Crippen molar-refractivity contribution in [2.24, 2.45) is 0 Å². The molecule has 1 N–H and O–H groups in total. The van der Waals surface area contributed by atoms with Crippen molar-refractivity contribution in [2.45, 2.75) is 76.7 Å². The summed E-state index contributed by atoms with van der Waals surface area (Å²) in [7, 11) is 0. The van der Waals surface area contributed by atoms with E-state index in [0.29, 0.717) is 18.9 Å². The fourth-order valence-corrected chi connectivity index (χ4v) is 3.83. The minimum absolute atomic E-state index is 0.0308. The first-order valence-corrected chi connectivity index (χ1v) is 9.17. The third-order valence-electron chi connectivity index (χ3n) is 5.22. The Balaban J connectivity index is 1.49. The number of carbonyl (C=O) groups excluding carboxylic acids is 2. The monoisotopic (exact) mass is 313 g/mol. The highest BCUT2D eigenvalue weighted by Crippen LogP contribution is 2.23. The molecular formula is C20H27NO2. The molecule has 0 unspecified atom stereocenters.